The lowest BCUT2D eigenvalue weighted by Gasteiger charge is -2.14. The molecule has 1 amide bonds. The second-order valence-electron chi connectivity index (χ2n) is 8.94. The largest absolute Gasteiger partial charge is 0.355 e. The van der Waals surface area contributed by atoms with Crippen molar-refractivity contribution in [1.82, 2.24) is 25.0 Å². The van der Waals surface area contributed by atoms with Crippen LogP contribution in [-0.4, -0.2) is 57.5 Å². The van der Waals surface area contributed by atoms with E-state index in [-0.39, 0.29) is 5.91 Å². The van der Waals surface area contributed by atoms with Gasteiger partial charge in [-0.3, -0.25) is 9.36 Å². The number of likely N-dealkylation sites (tertiary alicyclic amines) is 1. The molecule has 1 saturated heterocycles. The minimum absolute atomic E-state index is 0.164. The van der Waals surface area contributed by atoms with Crippen LogP contribution in [0.2, 0.25) is 0 Å². The van der Waals surface area contributed by atoms with Crippen LogP contribution in [0.1, 0.15) is 49.1 Å². The number of hydrogen-bond donors (Lipinski definition) is 1. The van der Waals surface area contributed by atoms with E-state index in [2.05, 4.69) is 80.4 Å². The maximum absolute atomic E-state index is 12.1. The minimum Gasteiger partial charge on any atom is -0.355 e. The number of thioether (sulfide) groups is 1. The molecule has 0 radical (unpaired) electrons. The Morgan fingerprint density at radius 1 is 1.00 bits per heavy atom. The summed E-state index contributed by atoms with van der Waals surface area (Å²) in [4.78, 5) is 14.6. The fourth-order valence-corrected chi connectivity index (χ4v) is 5.21. The molecule has 7 heteroatoms. The molecule has 4 rings (SSSR count). The molecule has 2 aromatic carbocycles. The Labute approximate surface area is 207 Å². The monoisotopic (exact) mass is 477 g/mol. The summed E-state index contributed by atoms with van der Waals surface area (Å²) in [6.07, 6.45) is 5.76. The van der Waals surface area contributed by atoms with Gasteiger partial charge in [0.05, 0.1) is 0 Å². The van der Waals surface area contributed by atoms with Crippen molar-refractivity contribution in [1.29, 1.82) is 0 Å². The molecule has 34 heavy (non-hydrogen) atoms. The van der Waals surface area contributed by atoms with Crippen LogP contribution in [0.15, 0.2) is 59.8 Å². The number of aryl methyl sites for hydroxylation is 1. The zero-order chi connectivity index (χ0) is 23.6. The Kier molecular flexibility index (Phi) is 9.16. The summed E-state index contributed by atoms with van der Waals surface area (Å²) in [5.41, 5.74) is 3.53. The molecule has 1 N–H and O–H groups in total. The quantitative estimate of drug-likeness (QED) is 0.304. The van der Waals surface area contributed by atoms with E-state index in [1.807, 2.05) is 6.07 Å². The molecular weight excluding hydrogens is 442 g/mol. The number of aromatic nitrogens is 3. The smallest absolute Gasteiger partial charge is 0.220 e. The second-order valence-corrected chi connectivity index (χ2v) is 10.00. The van der Waals surface area contributed by atoms with Gasteiger partial charge in [-0.05, 0) is 63.4 Å². The number of rotatable bonds is 12. The number of nitrogens with zero attached hydrogens (tertiary/aromatic N) is 4. The van der Waals surface area contributed by atoms with Crippen LogP contribution in [0.5, 0.6) is 0 Å². The summed E-state index contributed by atoms with van der Waals surface area (Å²) < 4.78 is 2.17. The first-order valence-corrected chi connectivity index (χ1v) is 13.3. The van der Waals surface area contributed by atoms with Gasteiger partial charge in [0, 0.05) is 37.4 Å². The van der Waals surface area contributed by atoms with Crippen LogP contribution in [0.25, 0.3) is 5.69 Å². The zero-order valence-electron chi connectivity index (χ0n) is 20.1. The number of benzene rings is 2. The van der Waals surface area contributed by atoms with E-state index in [0.717, 1.165) is 54.8 Å². The third-order valence-electron chi connectivity index (χ3n) is 6.18. The predicted molar refractivity (Wildman–Crippen MR) is 139 cm³/mol. The van der Waals surface area contributed by atoms with Crippen LogP contribution >= 0.6 is 11.8 Å². The molecule has 180 valence electrons. The fourth-order valence-electron chi connectivity index (χ4n) is 4.24. The number of nitrogens with one attached hydrogen (secondary N) is 1. The standard InChI is InChI=1S/C27H35N5OS/c1-22-12-14-24(15-13-22)32-25(21-23-9-3-2-4-10-23)29-30-27(32)34-20-8-5-11-26(33)28-16-19-31-17-6-7-18-31/h2-4,9-10,12-15H,5-8,11,16-21H2,1H3,(H,28,33). The van der Waals surface area contributed by atoms with E-state index in [4.69, 9.17) is 0 Å². The van der Waals surface area contributed by atoms with E-state index in [1.165, 1.54) is 37.1 Å². The van der Waals surface area contributed by atoms with Gasteiger partial charge >= 0.3 is 0 Å². The van der Waals surface area contributed by atoms with Crippen molar-refractivity contribution in [2.75, 3.05) is 31.9 Å². The summed E-state index contributed by atoms with van der Waals surface area (Å²) in [6, 6.07) is 18.9. The van der Waals surface area contributed by atoms with Crippen LogP contribution < -0.4 is 5.32 Å². The molecule has 0 bridgehead atoms. The fraction of sp³-hybridized carbons (Fsp3) is 0.444. The average Bonchev–Trinajstić information content (AvgIpc) is 3.50. The Morgan fingerprint density at radius 2 is 1.76 bits per heavy atom. The second kappa shape index (κ2) is 12.7. The lowest BCUT2D eigenvalue weighted by atomic mass is 10.1. The molecule has 0 aliphatic carbocycles. The Hall–Kier alpha value is -2.64. The van der Waals surface area contributed by atoms with E-state index in [9.17, 15) is 4.79 Å². The number of hydrogen-bond acceptors (Lipinski definition) is 5. The minimum atomic E-state index is 0.164. The summed E-state index contributed by atoms with van der Waals surface area (Å²) in [7, 11) is 0. The van der Waals surface area contributed by atoms with Crippen LogP contribution in [0.3, 0.4) is 0 Å². The van der Waals surface area contributed by atoms with E-state index >= 15 is 0 Å². The van der Waals surface area contributed by atoms with E-state index in [0.29, 0.717) is 6.42 Å². The van der Waals surface area contributed by atoms with Gasteiger partial charge in [0.15, 0.2) is 5.16 Å². The van der Waals surface area contributed by atoms with Gasteiger partial charge in [0.25, 0.3) is 0 Å². The number of amides is 1. The lowest BCUT2D eigenvalue weighted by Crippen LogP contribution is -2.33. The van der Waals surface area contributed by atoms with Crippen molar-refractivity contribution in [3.63, 3.8) is 0 Å². The zero-order valence-corrected chi connectivity index (χ0v) is 20.9. The Bertz CT molecular complexity index is 1030. The highest BCUT2D eigenvalue weighted by atomic mass is 32.2. The summed E-state index contributed by atoms with van der Waals surface area (Å²) >= 11 is 1.71. The highest BCUT2D eigenvalue weighted by Crippen LogP contribution is 2.25. The van der Waals surface area contributed by atoms with E-state index < -0.39 is 0 Å². The van der Waals surface area contributed by atoms with Crippen LogP contribution in [0.4, 0.5) is 0 Å². The first-order valence-electron chi connectivity index (χ1n) is 12.4. The SMILES string of the molecule is Cc1ccc(-n2c(Cc3ccccc3)nnc2SCCCCC(=O)NCCN2CCCC2)cc1. The molecule has 0 unspecified atom stereocenters. The molecule has 2 heterocycles. The van der Waals surface area contributed by atoms with Gasteiger partial charge in [-0.1, -0.05) is 59.8 Å². The van der Waals surface area contributed by atoms with Gasteiger partial charge in [0.1, 0.15) is 5.82 Å². The van der Waals surface area contributed by atoms with Gasteiger partial charge in [-0.25, -0.2) is 0 Å². The third kappa shape index (κ3) is 7.18. The maximum Gasteiger partial charge on any atom is 0.220 e. The Morgan fingerprint density at radius 3 is 2.53 bits per heavy atom. The summed E-state index contributed by atoms with van der Waals surface area (Å²) in [6.45, 7) is 6.18. The Balaban J connectivity index is 1.28. The van der Waals surface area contributed by atoms with E-state index in [1.54, 1.807) is 11.8 Å². The number of carbonyl (C=O) groups is 1. The van der Waals surface area contributed by atoms with Crippen molar-refractivity contribution >= 4 is 17.7 Å². The summed E-state index contributed by atoms with van der Waals surface area (Å²) in [5.74, 6) is 2.02. The lowest BCUT2D eigenvalue weighted by molar-refractivity contribution is -0.121. The highest BCUT2D eigenvalue weighted by Gasteiger charge is 2.15. The summed E-state index contributed by atoms with van der Waals surface area (Å²) in [5, 5.41) is 13.0. The average molecular weight is 478 g/mol. The molecule has 3 aromatic rings. The molecule has 0 spiro atoms. The highest BCUT2D eigenvalue weighted by molar-refractivity contribution is 7.99. The first kappa shape index (κ1) is 24.5. The van der Waals surface area contributed by atoms with Crippen molar-refractivity contribution in [3.8, 4) is 5.69 Å². The van der Waals surface area contributed by atoms with Crippen molar-refractivity contribution in [3.05, 3.63) is 71.5 Å². The predicted octanol–water partition coefficient (Wildman–Crippen LogP) is 4.64. The topological polar surface area (TPSA) is 63.1 Å². The molecule has 1 aromatic heterocycles. The van der Waals surface area contributed by atoms with Gasteiger partial charge in [-0.2, -0.15) is 0 Å². The molecule has 1 fully saturated rings. The molecule has 1 aliphatic heterocycles. The normalized spacial score (nSPS) is 13.9. The van der Waals surface area contributed by atoms with Gasteiger partial charge in [0.2, 0.25) is 5.91 Å². The number of carbonyl (C=O) groups excluding carboxylic acids is 1. The maximum atomic E-state index is 12.1. The van der Waals surface area contributed by atoms with Crippen molar-refractivity contribution < 1.29 is 4.79 Å². The molecule has 1 aliphatic rings. The molecule has 0 saturated carbocycles. The van der Waals surface area contributed by atoms with Crippen LogP contribution in [-0.2, 0) is 11.2 Å². The first-order chi connectivity index (χ1) is 16.7. The van der Waals surface area contributed by atoms with Gasteiger partial charge < -0.3 is 10.2 Å². The molecule has 6 nitrogen and oxygen atoms in total. The number of unbranched alkanes of at least 4 members (excludes halogenated alkanes) is 1. The third-order valence-corrected chi connectivity index (χ3v) is 7.19. The van der Waals surface area contributed by atoms with Crippen molar-refractivity contribution in [2.45, 2.75) is 50.6 Å². The molecule has 0 atom stereocenters. The van der Waals surface area contributed by atoms with Gasteiger partial charge in [-0.15, -0.1) is 10.2 Å². The van der Waals surface area contributed by atoms with Crippen molar-refractivity contribution in [2.24, 2.45) is 0 Å². The molecular formula is C27H35N5OS. The van der Waals surface area contributed by atoms with Crippen LogP contribution in [0, 0.1) is 6.92 Å².